The van der Waals surface area contributed by atoms with Gasteiger partial charge in [-0.2, -0.15) is 0 Å². The molecule has 1 saturated heterocycles. The number of amides is 1. The number of fused-ring (bicyclic) bond motifs is 1. The molecule has 1 aromatic carbocycles. The van der Waals surface area contributed by atoms with Crippen molar-refractivity contribution in [3.05, 3.63) is 41.1 Å². The summed E-state index contributed by atoms with van der Waals surface area (Å²) in [5.41, 5.74) is 3.96. The van der Waals surface area contributed by atoms with Gasteiger partial charge in [0.05, 0.1) is 11.1 Å². The third kappa shape index (κ3) is 4.43. The van der Waals surface area contributed by atoms with E-state index in [1.807, 2.05) is 12.1 Å². The fraction of sp³-hybridized carbons (Fsp3) is 0.474. The second-order valence-electron chi connectivity index (χ2n) is 6.91. The Bertz CT molecular complexity index is 756. The Kier molecular flexibility index (Phi) is 6.66. The van der Waals surface area contributed by atoms with Crippen molar-refractivity contribution in [3.63, 3.8) is 0 Å². The number of hydrogen-bond donors (Lipinski definition) is 2. The zero-order valence-electron chi connectivity index (χ0n) is 14.4. The fourth-order valence-electron chi connectivity index (χ4n) is 3.37. The molecule has 4 nitrogen and oxygen atoms in total. The maximum Gasteiger partial charge on any atom is 0.252 e. The topological polar surface area (TPSA) is 54.0 Å². The first kappa shape index (κ1) is 20.0. The highest BCUT2D eigenvalue weighted by molar-refractivity contribution is 6.06. The molecule has 4 rings (SSSR count). The highest BCUT2D eigenvalue weighted by atomic mass is 35.5. The Morgan fingerprint density at radius 2 is 2.00 bits per heavy atom. The van der Waals surface area contributed by atoms with Gasteiger partial charge in [0.25, 0.3) is 5.91 Å². The first-order valence-electron chi connectivity index (χ1n) is 8.63. The van der Waals surface area contributed by atoms with E-state index < -0.39 is 0 Å². The number of nitrogens with one attached hydrogen (secondary N) is 2. The van der Waals surface area contributed by atoms with Crippen molar-refractivity contribution in [2.45, 2.75) is 44.6 Å². The second kappa shape index (κ2) is 8.35. The van der Waals surface area contributed by atoms with E-state index in [9.17, 15) is 4.79 Å². The van der Waals surface area contributed by atoms with Gasteiger partial charge < -0.3 is 10.6 Å². The van der Waals surface area contributed by atoms with Gasteiger partial charge in [0.1, 0.15) is 0 Å². The maximum atomic E-state index is 12.9. The smallest absolute Gasteiger partial charge is 0.252 e. The van der Waals surface area contributed by atoms with Crippen molar-refractivity contribution >= 4 is 41.6 Å². The third-order valence-electron chi connectivity index (χ3n) is 4.86. The lowest BCUT2D eigenvalue weighted by Gasteiger charge is -2.24. The van der Waals surface area contributed by atoms with E-state index in [1.165, 1.54) is 12.8 Å². The molecule has 1 aliphatic carbocycles. The van der Waals surface area contributed by atoms with Gasteiger partial charge in [-0.05, 0) is 57.4 Å². The van der Waals surface area contributed by atoms with Gasteiger partial charge in [-0.15, -0.1) is 24.8 Å². The Labute approximate surface area is 161 Å². The number of carbonyl (C=O) groups is 1. The highest BCUT2D eigenvalue weighted by Crippen LogP contribution is 2.40. The molecule has 1 amide bonds. The molecule has 2 heterocycles. The van der Waals surface area contributed by atoms with Gasteiger partial charge in [-0.3, -0.25) is 9.78 Å². The number of aryl methyl sites for hydroxylation is 1. The summed E-state index contributed by atoms with van der Waals surface area (Å²) < 4.78 is 0. The van der Waals surface area contributed by atoms with Crippen LogP contribution in [0.5, 0.6) is 0 Å². The van der Waals surface area contributed by atoms with E-state index in [0.717, 1.165) is 53.7 Å². The normalized spacial score (nSPS) is 19.6. The van der Waals surface area contributed by atoms with E-state index in [4.69, 9.17) is 4.98 Å². The summed E-state index contributed by atoms with van der Waals surface area (Å²) in [4.78, 5) is 17.6. The van der Waals surface area contributed by atoms with Gasteiger partial charge in [0, 0.05) is 29.6 Å². The number of pyridine rings is 1. The molecule has 0 spiro atoms. The molecule has 2 N–H and O–H groups in total. The van der Waals surface area contributed by atoms with Crippen molar-refractivity contribution < 1.29 is 4.79 Å². The molecule has 2 fully saturated rings. The van der Waals surface area contributed by atoms with Crippen LogP contribution in [0.25, 0.3) is 10.9 Å². The van der Waals surface area contributed by atoms with Gasteiger partial charge >= 0.3 is 0 Å². The lowest BCUT2D eigenvalue weighted by atomic mass is 10.0. The van der Waals surface area contributed by atoms with Gasteiger partial charge in [0.15, 0.2) is 0 Å². The molecule has 2 aliphatic rings. The molecule has 0 unspecified atom stereocenters. The molecule has 1 aromatic heterocycles. The Morgan fingerprint density at radius 1 is 1.20 bits per heavy atom. The van der Waals surface area contributed by atoms with Gasteiger partial charge in [0.2, 0.25) is 0 Å². The fourth-order valence-corrected chi connectivity index (χ4v) is 3.37. The largest absolute Gasteiger partial charge is 0.348 e. The Morgan fingerprint density at radius 3 is 2.68 bits per heavy atom. The number of nitrogens with zero attached hydrogens (tertiary/aromatic N) is 1. The van der Waals surface area contributed by atoms with Crippen LogP contribution in [0, 0.1) is 6.92 Å². The number of rotatable bonds is 3. The van der Waals surface area contributed by atoms with Gasteiger partial charge in [-0.1, -0.05) is 11.6 Å². The summed E-state index contributed by atoms with van der Waals surface area (Å²) in [6.45, 7) is 3.97. The molecular weight excluding hydrogens is 357 g/mol. The molecule has 1 aliphatic heterocycles. The second-order valence-corrected chi connectivity index (χ2v) is 6.91. The number of halogens is 2. The molecule has 25 heavy (non-hydrogen) atoms. The summed E-state index contributed by atoms with van der Waals surface area (Å²) in [6.07, 6.45) is 4.56. The molecule has 6 heteroatoms. The first-order valence-corrected chi connectivity index (χ1v) is 8.63. The third-order valence-corrected chi connectivity index (χ3v) is 4.86. The monoisotopic (exact) mass is 381 g/mol. The number of hydrogen-bond acceptors (Lipinski definition) is 3. The standard InChI is InChI=1S/C19H23N3O.2ClH/c1-12-4-7-17-15(9-12)16(10-18(22-17)13-5-6-13)19(23)21-14-3-2-8-20-11-14;;/h4,7,9-10,13-14,20H,2-3,5-6,8,11H2,1H3,(H,21,23);2*1H/t14-;;/m0../s1. The van der Waals surface area contributed by atoms with E-state index in [-0.39, 0.29) is 36.8 Å². The minimum absolute atomic E-state index is 0. The molecule has 0 radical (unpaired) electrons. The molecule has 136 valence electrons. The SMILES string of the molecule is Cc1ccc2nc(C3CC3)cc(C(=O)N[C@H]3CCCNC3)c2c1.Cl.Cl. The molecular formula is C19H25Cl2N3O. The summed E-state index contributed by atoms with van der Waals surface area (Å²) in [6, 6.07) is 8.43. The van der Waals surface area contributed by atoms with Crippen LogP contribution in [-0.4, -0.2) is 30.0 Å². The Hall–Kier alpha value is -1.36. The van der Waals surface area contributed by atoms with Crippen molar-refractivity contribution in [2.24, 2.45) is 0 Å². The maximum absolute atomic E-state index is 12.9. The van der Waals surface area contributed by atoms with E-state index in [0.29, 0.717) is 5.92 Å². The zero-order valence-corrected chi connectivity index (χ0v) is 16.0. The number of piperidine rings is 1. The van der Waals surface area contributed by atoms with Crippen LogP contribution in [0.2, 0.25) is 0 Å². The highest BCUT2D eigenvalue weighted by Gasteiger charge is 2.27. The molecule has 2 aromatic rings. The van der Waals surface area contributed by atoms with Crippen LogP contribution >= 0.6 is 24.8 Å². The molecule has 0 bridgehead atoms. The van der Waals surface area contributed by atoms with E-state index in [2.05, 4.69) is 29.7 Å². The number of carbonyl (C=O) groups excluding carboxylic acids is 1. The summed E-state index contributed by atoms with van der Waals surface area (Å²) >= 11 is 0. The van der Waals surface area contributed by atoms with E-state index in [1.54, 1.807) is 0 Å². The Balaban J connectivity index is 0.00000113. The van der Waals surface area contributed by atoms with Crippen molar-refractivity contribution in [3.8, 4) is 0 Å². The molecule has 1 saturated carbocycles. The molecule has 1 atom stereocenters. The van der Waals surface area contributed by atoms with Crippen LogP contribution in [0.1, 0.15) is 53.2 Å². The van der Waals surface area contributed by atoms with Crippen molar-refractivity contribution in [1.29, 1.82) is 0 Å². The van der Waals surface area contributed by atoms with Crippen LogP contribution in [0.15, 0.2) is 24.3 Å². The van der Waals surface area contributed by atoms with Crippen LogP contribution < -0.4 is 10.6 Å². The summed E-state index contributed by atoms with van der Waals surface area (Å²) in [7, 11) is 0. The summed E-state index contributed by atoms with van der Waals surface area (Å²) in [5.74, 6) is 0.585. The quantitative estimate of drug-likeness (QED) is 0.850. The number of benzene rings is 1. The first-order chi connectivity index (χ1) is 11.2. The summed E-state index contributed by atoms with van der Waals surface area (Å²) in [5, 5.41) is 7.52. The average molecular weight is 382 g/mol. The van der Waals surface area contributed by atoms with Crippen LogP contribution in [-0.2, 0) is 0 Å². The predicted octanol–water partition coefficient (Wildman–Crippen LogP) is 3.75. The minimum atomic E-state index is 0. The van der Waals surface area contributed by atoms with E-state index >= 15 is 0 Å². The van der Waals surface area contributed by atoms with Crippen LogP contribution in [0.4, 0.5) is 0 Å². The number of aromatic nitrogens is 1. The van der Waals surface area contributed by atoms with Crippen molar-refractivity contribution in [2.75, 3.05) is 13.1 Å². The minimum Gasteiger partial charge on any atom is -0.348 e. The predicted molar refractivity (Wildman–Crippen MR) is 106 cm³/mol. The zero-order chi connectivity index (χ0) is 15.8. The lowest BCUT2D eigenvalue weighted by Crippen LogP contribution is -2.45. The van der Waals surface area contributed by atoms with Gasteiger partial charge in [-0.25, -0.2) is 0 Å². The lowest BCUT2D eigenvalue weighted by molar-refractivity contribution is 0.0932. The average Bonchev–Trinajstić information content (AvgIpc) is 3.39. The van der Waals surface area contributed by atoms with Crippen molar-refractivity contribution in [1.82, 2.24) is 15.6 Å². The van der Waals surface area contributed by atoms with Crippen LogP contribution in [0.3, 0.4) is 0 Å².